The molecule has 4 rings (SSSR count). The van der Waals surface area contributed by atoms with E-state index in [9.17, 15) is 26.3 Å². The van der Waals surface area contributed by atoms with Crippen LogP contribution in [0, 0.1) is 0 Å². The molecule has 0 nitrogen and oxygen atoms in total. The maximum absolute atomic E-state index is 14.2. The average molecular weight is 503 g/mol. The van der Waals surface area contributed by atoms with Crippen molar-refractivity contribution >= 4 is 11.8 Å². The predicted octanol–water partition coefficient (Wildman–Crippen LogP) is 9.06. The highest BCUT2D eigenvalue weighted by Gasteiger charge is 2.39. The second-order valence-corrected chi connectivity index (χ2v) is 9.09. The summed E-state index contributed by atoms with van der Waals surface area (Å²) >= 11 is 0.504. The quantitative estimate of drug-likeness (QED) is 0.237. The van der Waals surface area contributed by atoms with Crippen molar-refractivity contribution < 1.29 is 26.3 Å². The first-order valence-corrected chi connectivity index (χ1v) is 11.6. The Bertz CT molecular complexity index is 1180. The summed E-state index contributed by atoms with van der Waals surface area (Å²) < 4.78 is 85.1. The summed E-state index contributed by atoms with van der Waals surface area (Å²) in [5, 5.41) is 0. The molecule has 35 heavy (non-hydrogen) atoms. The molecule has 0 saturated heterocycles. The Kier molecular flexibility index (Phi) is 7.26. The van der Waals surface area contributed by atoms with Gasteiger partial charge in [-0.1, -0.05) is 96.7 Å². The fourth-order valence-corrected chi connectivity index (χ4v) is 5.24. The lowest BCUT2D eigenvalue weighted by molar-refractivity contribution is -0.140. The van der Waals surface area contributed by atoms with E-state index in [0.29, 0.717) is 22.9 Å². The van der Waals surface area contributed by atoms with Crippen LogP contribution in [0.2, 0.25) is 0 Å². The minimum absolute atomic E-state index is 0.0164. The van der Waals surface area contributed by atoms with Gasteiger partial charge in [-0.15, -0.1) is 0 Å². The van der Waals surface area contributed by atoms with E-state index in [0.717, 1.165) is 0 Å². The molecule has 0 heterocycles. The summed E-state index contributed by atoms with van der Waals surface area (Å²) in [4.78, 5) is -0.512. The van der Waals surface area contributed by atoms with Crippen LogP contribution in [0.25, 0.3) is 0 Å². The van der Waals surface area contributed by atoms with Crippen molar-refractivity contribution in [1.82, 2.24) is 0 Å². The number of benzene rings is 4. The van der Waals surface area contributed by atoms with Crippen LogP contribution in [0.4, 0.5) is 26.3 Å². The smallest absolute Gasteiger partial charge is 0.166 e. The molecule has 7 heteroatoms. The zero-order valence-corrected chi connectivity index (χ0v) is 19.1. The van der Waals surface area contributed by atoms with Gasteiger partial charge >= 0.3 is 12.4 Å². The maximum atomic E-state index is 14.2. The minimum atomic E-state index is -4.73. The van der Waals surface area contributed by atoms with Gasteiger partial charge in [0, 0.05) is 9.79 Å². The van der Waals surface area contributed by atoms with Gasteiger partial charge in [-0.25, -0.2) is 0 Å². The molecule has 180 valence electrons. The number of halogens is 6. The Hall–Kier alpha value is -3.19. The van der Waals surface area contributed by atoms with Gasteiger partial charge < -0.3 is 0 Å². The first-order valence-electron chi connectivity index (χ1n) is 10.8. The Balaban J connectivity index is 1.78. The Labute approximate surface area is 203 Å². The largest absolute Gasteiger partial charge is 0.417 e. The molecule has 0 radical (unpaired) electrons. The van der Waals surface area contributed by atoms with Crippen molar-refractivity contribution in [1.29, 1.82) is 0 Å². The number of hydrogen-bond donors (Lipinski definition) is 0. The summed E-state index contributed by atoms with van der Waals surface area (Å²) in [6.45, 7) is 0. The zero-order valence-electron chi connectivity index (χ0n) is 18.3. The van der Waals surface area contributed by atoms with Gasteiger partial charge in [0.05, 0.1) is 11.1 Å². The summed E-state index contributed by atoms with van der Waals surface area (Å²) in [6.07, 6.45) is -9.42. The Morgan fingerprint density at radius 3 is 1.17 bits per heavy atom. The molecule has 0 spiro atoms. The van der Waals surface area contributed by atoms with Gasteiger partial charge in [-0.3, -0.25) is 0 Å². The van der Waals surface area contributed by atoms with E-state index in [1.807, 2.05) is 0 Å². The van der Waals surface area contributed by atoms with Crippen molar-refractivity contribution in [3.63, 3.8) is 0 Å². The highest BCUT2D eigenvalue weighted by atomic mass is 32.2. The van der Waals surface area contributed by atoms with E-state index in [2.05, 4.69) is 0 Å². The van der Waals surface area contributed by atoms with Gasteiger partial charge in [0.25, 0.3) is 0 Å². The Morgan fingerprint density at radius 2 is 0.829 bits per heavy atom. The van der Waals surface area contributed by atoms with Gasteiger partial charge in [0.15, 0.2) is 0 Å². The summed E-state index contributed by atoms with van der Waals surface area (Å²) in [5.41, 5.74) is -0.418. The van der Waals surface area contributed by atoms with Crippen molar-refractivity contribution in [2.75, 3.05) is 0 Å². The molecule has 0 N–H and O–H groups in total. The lowest BCUT2D eigenvalue weighted by atomic mass is 9.99. The number of alkyl halides is 6. The van der Waals surface area contributed by atoms with Gasteiger partial charge in [-0.2, -0.15) is 26.3 Å². The van der Waals surface area contributed by atoms with Crippen LogP contribution >= 0.6 is 11.8 Å². The second kappa shape index (κ2) is 10.2. The molecule has 0 amide bonds. The molecular formula is C28H20F6S. The molecule has 4 aromatic rings. The molecule has 0 fully saturated rings. The lowest BCUT2D eigenvalue weighted by Crippen LogP contribution is -2.13. The van der Waals surface area contributed by atoms with Crippen LogP contribution in [0.3, 0.4) is 0 Å². The standard InChI is InChI=1S/C28H20F6S/c29-27(30,31)25-21(17-19-9-3-1-4-10-19)13-7-15-23(25)35-24-16-8-14-22(26(24)28(32,33)34)18-20-11-5-2-6-12-20/h1-16H,17-18H2. The highest BCUT2D eigenvalue weighted by Crippen LogP contribution is 2.46. The zero-order chi connectivity index (χ0) is 25.1. The normalized spacial score (nSPS) is 12.1. The molecular weight excluding hydrogens is 482 g/mol. The van der Waals surface area contributed by atoms with E-state index < -0.39 is 23.5 Å². The third-order valence-electron chi connectivity index (χ3n) is 5.49. The molecule has 0 aliphatic rings. The van der Waals surface area contributed by atoms with Crippen LogP contribution in [-0.4, -0.2) is 0 Å². The predicted molar refractivity (Wildman–Crippen MR) is 126 cm³/mol. The van der Waals surface area contributed by atoms with Crippen LogP contribution < -0.4 is 0 Å². The van der Waals surface area contributed by atoms with Gasteiger partial charge in [-0.05, 0) is 47.2 Å². The first kappa shape index (κ1) is 24.9. The second-order valence-electron chi connectivity index (χ2n) is 8.00. The molecule has 0 bridgehead atoms. The third kappa shape index (κ3) is 6.09. The van der Waals surface area contributed by atoms with Crippen molar-refractivity contribution in [3.8, 4) is 0 Å². The van der Waals surface area contributed by atoms with E-state index in [4.69, 9.17) is 0 Å². The monoisotopic (exact) mass is 502 g/mol. The number of rotatable bonds is 6. The minimum Gasteiger partial charge on any atom is -0.166 e. The topological polar surface area (TPSA) is 0 Å². The van der Waals surface area contributed by atoms with E-state index in [1.165, 1.54) is 36.4 Å². The van der Waals surface area contributed by atoms with Crippen LogP contribution in [0.15, 0.2) is 107 Å². The summed E-state index contributed by atoms with van der Waals surface area (Å²) in [6, 6.07) is 25.4. The number of hydrogen-bond acceptors (Lipinski definition) is 1. The molecule has 0 aliphatic heterocycles. The molecule has 0 atom stereocenters. The third-order valence-corrected chi connectivity index (χ3v) is 6.61. The molecule has 0 aliphatic carbocycles. The van der Waals surface area contributed by atoms with E-state index >= 15 is 0 Å². The molecule has 0 saturated carbocycles. The first-order chi connectivity index (χ1) is 16.6. The summed E-state index contributed by atoms with van der Waals surface area (Å²) in [5.74, 6) is 0. The van der Waals surface area contributed by atoms with E-state index in [1.54, 1.807) is 60.7 Å². The molecule has 4 aromatic carbocycles. The van der Waals surface area contributed by atoms with Crippen molar-refractivity contribution in [3.05, 3.63) is 130 Å². The molecule has 0 aromatic heterocycles. The Morgan fingerprint density at radius 1 is 0.457 bits per heavy atom. The highest BCUT2D eigenvalue weighted by molar-refractivity contribution is 7.99. The fraction of sp³-hybridized carbons (Fsp3) is 0.143. The van der Waals surface area contributed by atoms with Gasteiger partial charge in [0.2, 0.25) is 0 Å². The van der Waals surface area contributed by atoms with E-state index in [-0.39, 0.29) is 33.8 Å². The summed E-state index contributed by atoms with van der Waals surface area (Å²) in [7, 11) is 0. The SMILES string of the molecule is FC(F)(F)c1c(Cc2ccccc2)cccc1Sc1cccc(Cc2ccccc2)c1C(F)(F)F. The fourth-order valence-electron chi connectivity index (χ4n) is 4.01. The molecule has 0 unspecified atom stereocenters. The van der Waals surface area contributed by atoms with Crippen molar-refractivity contribution in [2.45, 2.75) is 35.0 Å². The van der Waals surface area contributed by atoms with Crippen LogP contribution in [-0.2, 0) is 25.2 Å². The van der Waals surface area contributed by atoms with Crippen LogP contribution in [0.5, 0.6) is 0 Å². The van der Waals surface area contributed by atoms with Crippen molar-refractivity contribution in [2.24, 2.45) is 0 Å². The van der Waals surface area contributed by atoms with Crippen LogP contribution in [0.1, 0.15) is 33.4 Å². The average Bonchev–Trinajstić information content (AvgIpc) is 2.79. The van der Waals surface area contributed by atoms with Gasteiger partial charge in [0.1, 0.15) is 0 Å². The lowest BCUT2D eigenvalue weighted by Gasteiger charge is -2.20. The maximum Gasteiger partial charge on any atom is 0.417 e.